The van der Waals surface area contributed by atoms with Crippen LogP contribution in [0.15, 0.2) is 30.3 Å². The lowest BCUT2D eigenvalue weighted by Gasteiger charge is -2.08. The van der Waals surface area contributed by atoms with Gasteiger partial charge in [0.25, 0.3) is 0 Å². The van der Waals surface area contributed by atoms with Crippen molar-refractivity contribution in [1.29, 1.82) is 0 Å². The number of carbonyl (C=O) groups excluding carboxylic acids is 2. The van der Waals surface area contributed by atoms with Crippen molar-refractivity contribution < 1.29 is 14.3 Å². The zero-order valence-electron chi connectivity index (χ0n) is 9.13. The second-order valence-corrected chi connectivity index (χ2v) is 3.67. The molecule has 1 aromatic rings. The van der Waals surface area contributed by atoms with Crippen LogP contribution in [0.3, 0.4) is 0 Å². The van der Waals surface area contributed by atoms with Crippen molar-refractivity contribution in [2.45, 2.75) is 6.04 Å². The highest BCUT2D eigenvalue weighted by Gasteiger charge is 2.16. The minimum Gasteiger partial charge on any atom is -0.391 e. The zero-order valence-corrected chi connectivity index (χ0v) is 10.0. The number of rotatable bonds is 5. The van der Waals surface area contributed by atoms with Gasteiger partial charge < -0.3 is 15.8 Å². The average molecular weight is 254 g/mol. The Bertz CT molecular complexity index is 384. The minimum absolute atomic E-state index is 0.0882. The van der Waals surface area contributed by atoms with Crippen LogP contribution in [-0.4, -0.2) is 30.3 Å². The van der Waals surface area contributed by atoms with E-state index in [1.165, 1.54) is 0 Å². The normalized spacial score (nSPS) is 11.6. The van der Waals surface area contributed by atoms with Gasteiger partial charge in [0, 0.05) is 11.4 Å². The Morgan fingerprint density at radius 2 is 2.00 bits per heavy atom. The summed E-state index contributed by atoms with van der Waals surface area (Å²) in [6.45, 7) is -0.0882. The molecule has 1 rings (SSSR count). The molecule has 0 aliphatic heterocycles. The maximum Gasteiger partial charge on any atom is 0.333 e. The Hall–Kier alpha value is -1.53. The van der Waals surface area contributed by atoms with Crippen LogP contribution in [0.4, 0.5) is 5.69 Å². The van der Waals surface area contributed by atoms with Gasteiger partial charge in [0.15, 0.2) is 0 Å². The van der Waals surface area contributed by atoms with Crippen molar-refractivity contribution in [2.75, 3.05) is 17.6 Å². The molecule has 3 N–H and O–H groups in total. The van der Waals surface area contributed by atoms with Crippen LogP contribution in [-0.2, 0) is 14.3 Å². The SMILES string of the molecule is N[C@@H](CS)C(=O)OC(=O)CNc1ccccc1. The number of para-hydroxylation sites is 1. The van der Waals surface area contributed by atoms with Crippen molar-refractivity contribution in [2.24, 2.45) is 5.73 Å². The van der Waals surface area contributed by atoms with Gasteiger partial charge in [-0.05, 0) is 12.1 Å². The number of thiol groups is 1. The van der Waals surface area contributed by atoms with Gasteiger partial charge in [-0.1, -0.05) is 18.2 Å². The van der Waals surface area contributed by atoms with Crippen LogP contribution in [0.25, 0.3) is 0 Å². The molecule has 0 aliphatic rings. The molecule has 0 radical (unpaired) electrons. The first-order valence-electron chi connectivity index (χ1n) is 5.03. The highest BCUT2D eigenvalue weighted by molar-refractivity contribution is 7.80. The van der Waals surface area contributed by atoms with Gasteiger partial charge in [-0.25, -0.2) is 9.59 Å². The smallest absolute Gasteiger partial charge is 0.333 e. The molecule has 0 saturated heterocycles. The van der Waals surface area contributed by atoms with Gasteiger partial charge in [0.2, 0.25) is 0 Å². The minimum atomic E-state index is -0.876. The monoisotopic (exact) mass is 254 g/mol. The molecule has 0 fully saturated rings. The van der Waals surface area contributed by atoms with Crippen LogP contribution >= 0.6 is 12.6 Å². The standard InChI is InChI=1S/C11H14N2O3S/c12-9(7-17)11(15)16-10(14)6-13-8-4-2-1-3-5-8/h1-5,9,13,17H,6-7,12H2/t9-/m0/s1. The fourth-order valence-electron chi connectivity index (χ4n) is 1.03. The molecule has 0 heterocycles. The lowest BCUT2D eigenvalue weighted by molar-refractivity contribution is -0.158. The Labute approximate surface area is 105 Å². The number of ether oxygens (including phenoxy) is 1. The van der Waals surface area contributed by atoms with Gasteiger partial charge in [-0.2, -0.15) is 12.6 Å². The second-order valence-electron chi connectivity index (χ2n) is 3.30. The first kappa shape index (κ1) is 13.5. The molecular formula is C11H14N2O3S. The molecule has 0 aliphatic carbocycles. The molecule has 0 saturated carbocycles. The summed E-state index contributed by atoms with van der Waals surface area (Å²) in [7, 11) is 0. The van der Waals surface area contributed by atoms with Gasteiger partial charge in [-0.3, -0.25) is 0 Å². The van der Waals surface area contributed by atoms with Gasteiger partial charge >= 0.3 is 11.9 Å². The zero-order chi connectivity index (χ0) is 12.7. The fourth-order valence-corrected chi connectivity index (χ4v) is 1.18. The van der Waals surface area contributed by atoms with Crippen LogP contribution in [0.1, 0.15) is 0 Å². The van der Waals surface area contributed by atoms with Crippen molar-refractivity contribution in [3.63, 3.8) is 0 Å². The van der Waals surface area contributed by atoms with E-state index in [1.807, 2.05) is 18.2 Å². The summed E-state index contributed by atoms with van der Waals surface area (Å²) in [4.78, 5) is 22.4. The van der Waals surface area contributed by atoms with E-state index in [0.29, 0.717) is 0 Å². The summed E-state index contributed by atoms with van der Waals surface area (Å²) in [5, 5.41) is 2.82. The molecule has 6 heteroatoms. The highest BCUT2D eigenvalue weighted by atomic mass is 32.1. The first-order chi connectivity index (χ1) is 8.13. The third-order valence-electron chi connectivity index (χ3n) is 1.92. The van der Waals surface area contributed by atoms with Gasteiger partial charge in [0.1, 0.15) is 12.6 Å². The molecule has 0 spiro atoms. The summed E-state index contributed by atoms with van der Waals surface area (Å²) < 4.78 is 4.51. The number of esters is 2. The quantitative estimate of drug-likeness (QED) is 0.403. The summed E-state index contributed by atoms with van der Waals surface area (Å²) in [6, 6.07) is 8.24. The lowest BCUT2D eigenvalue weighted by atomic mass is 10.3. The van der Waals surface area contributed by atoms with Crippen molar-refractivity contribution in [1.82, 2.24) is 0 Å². The Kier molecular flexibility index (Phi) is 5.51. The number of hydrogen-bond acceptors (Lipinski definition) is 6. The van der Waals surface area contributed by atoms with E-state index in [0.717, 1.165) is 5.69 Å². The highest BCUT2D eigenvalue weighted by Crippen LogP contribution is 2.04. The third-order valence-corrected chi connectivity index (χ3v) is 2.32. The molecule has 0 aromatic heterocycles. The Morgan fingerprint density at radius 1 is 1.35 bits per heavy atom. The lowest BCUT2D eigenvalue weighted by Crippen LogP contribution is -2.36. The predicted molar refractivity (Wildman–Crippen MR) is 67.9 cm³/mol. The van der Waals surface area contributed by atoms with Crippen molar-refractivity contribution in [3.8, 4) is 0 Å². The summed E-state index contributed by atoms with van der Waals surface area (Å²) in [5.74, 6) is -1.30. The molecule has 5 nitrogen and oxygen atoms in total. The van der Waals surface area contributed by atoms with E-state index in [-0.39, 0.29) is 12.3 Å². The van der Waals surface area contributed by atoms with E-state index in [2.05, 4.69) is 22.7 Å². The van der Waals surface area contributed by atoms with E-state index >= 15 is 0 Å². The molecular weight excluding hydrogens is 240 g/mol. The second kappa shape index (κ2) is 6.93. The Morgan fingerprint density at radius 3 is 2.59 bits per heavy atom. The molecule has 92 valence electrons. The van der Waals surface area contributed by atoms with Gasteiger partial charge in [0.05, 0.1) is 0 Å². The van der Waals surface area contributed by atoms with Gasteiger partial charge in [-0.15, -0.1) is 0 Å². The molecule has 17 heavy (non-hydrogen) atoms. The molecule has 1 atom stereocenters. The number of benzene rings is 1. The van der Waals surface area contributed by atoms with Crippen LogP contribution < -0.4 is 11.1 Å². The Balaban J connectivity index is 2.33. The summed E-state index contributed by atoms with van der Waals surface area (Å²) in [6.07, 6.45) is 0. The van der Waals surface area contributed by atoms with Crippen molar-refractivity contribution in [3.05, 3.63) is 30.3 Å². The third kappa shape index (κ3) is 4.88. The molecule has 0 unspecified atom stereocenters. The maximum atomic E-state index is 11.3. The fraction of sp³-hybridized carbons (Fsp3) is 0.273. The number of nitrogens with one attached hydrogen (secondary N) is 1. The van der Waals surface area contributed by atoms with E-state index in [9.17, 15) is 9.59 Å². The largest absolute Gasteiger partial charge is 0.391 e. The van der Waals surface area contributed by atoms with Crippen LogP contribution in [0.2, 0.25) is 0 Å². The van der Waals surface area contributed by atoms with Crippen molar-refractivity contribution >= 4 is 30.3 Å². The molecule has 1 aromatic carbocycles. The number of hydrogen-bond donors (Lipinski definition) is 3. The van der Waals surface area contributed by atoms with E-state index < -0.39 is 18.0 Å². The van der Waals surface area contributed by atoms with E-state index in [1.54, 1.807) is 12.1 Å². The summed E-state index contributed by atoms with van der Waals surface area (Å²) in [5.41, 5.74) is 6.12. The van der Waals surface area contributed by atoms with Crippen LogP contribution in [0, 0.1) is 0 Å². The van der Waals surface area contributed by atoms with Crippen LogP contribution in [0.5, 0.6) is 0 Å². The predicted octanol–water partition coefficient (Wildman–Crippen LogP) is 0.425. The number of carbonyl (C=O) groups is 2. The molecule has 0 amide bonds. The average Bonchev–Trinajstić information content (AvgIpc) is 2.36. The van der Waals surface area contributed by atoms with E-state index in [4.69, 9.17) is 5.73 Å². The summed E-state index contributed by atoms with van der Waals surface area (Å²) >= 11 is 3.83. The topological polar surface area (TPSA) is 81.4 Å². The number of anilines is 1. The molecule has 0 bridgehead atoms. The maximum absolute atomic E-state index is 11.3. The first-order valence-corrected chi connectivity index (χ1v) is 5.66. The number of nitrogens with two attached hydrogens (primary N) is 1.